The van der Waals surface area contributed by atoms with Crippen molar-refractivity contribution in [2.45, 2.75) is 31.8 Å². The van der Waals surface area contributed by atoms with E-state index < -0.39 is 0 Å². The summed E-state index contributed by atoms with van der Waals surface area (Å²) in [6, 6.07) is 26.0. The third-order valence-corrected chi connectivity index (χ3v) is 6.33. The minimum atomic E-state index is 0.0890. The van der Waals surface area contributed by atoms with E-state index in [1.54, 1.807) is 7.11 Å². The Hall–Kier alpha value is -3.80. The quantitative estimate of drug-likeness (QED) is 0.332. The number of nitrogens with zero attached hydrogens (tertiary/aromatic N) is 3. The molecule has 5 rings (SSSR count). The summed E-state index contributed by atoms with van der Waals surface area (Å²) in [6.07, 6.45) is 1.34. The zero-order valence-corrected chi connectivity index (χ0v) is 19.4. The summed E-state index contributed by atoms with van der Waals surface area (Å²) in [6.45, 7) is 2.73. The summed E-state index contributed by atoms with van der Waals surface area (Å²) in [5, 5.41) is 0. The van der Waals surface area contributed by atoms with E-state index in [1.807, 2.05) is 65.6 Å². The molecule has 34 heavy (non-hydrogen) atoms. The average Bonchev–Trinajstić information content (AvgIpc) is 3.43. The average molecular weight is 456 g/mol. The molecule has 0 unspecified atom stereocenters. The van der Waals surface area contributed by atoms with E-state index in [9.17, 15) is 4.79 Å². The molecule has 1 amide bonds. The number of rotatable bonds is 9. The fourth-order valence-corrected chi connectivity index (χ4v) is 4.63. The maximum atomic E-state index is 12.8. The molecule has 1 aromatic heterocycles. The number of methoxy groups -OCH3 is 1. The Bertz CT molecular complexity index is 1250. The standard InChI is InChI=1S/C28H29N3O3/c1-33-23-12-14-24(15-13-23)34-17-7-16-31-26-11-6-5-10-25(26)29-28(31)22-18-27(32)30(20-22)19-21-8-3-2-4-9-21/h2-6,8-15,22H,7,16-20H2,1H3/t22-/m1/s1. The van der Waals surface area contributed by atoms with Gasteiger partial charge in [-0.3, -0.25) is 4.79 Å². The van der Waals surface area contributed by atoms with Gasteiger partial charge < -0.3 is 18.9 Å². The zero-order chi connectivity index (χ0) is 23.3. The molecular formula is C28H29N3O3. The van der Waals surface area contributed by atoms with E-state index in [2.05, 4.69) is 22.8 Å². The second-order valence-corrected chi connectivity index (χ2v) is 8.65. The molecule has 4 aromatic rings. The molecule has 0 spiro atoms. The molecule has 1 saturated heterocycles. The second-order valence-electron chi connectivity index (χ2n) is 8.65. The fraction of sp³-hybridized carbons (Fsp3) is 0.286. The lowest BCUT2D eigenvalue weighted by atomic mass is 10.1. The first-order valence-corrected chi connectivity index (χ1v) is 11.7. The molecule has 0 N–H and O–H groups in total. The number of carbonyl (C=O) groups excluding carboxylic acids is 1. The van der Waals surface area contributed by atoms with Gasteiger partial charge in [0.1, 0.15) is 17.3 Å². The van der Waals surface area contributed by atoms with Crippen molar-refractivity contribution in [3.05, 3.63) is 90.3 Å². The lowest BCUT2D eigenvalue weighted by Gasteiger charge is -2.17. The fourth-order valence-electron chi connectivity index (χ4n) is 4.63. The molecule has 0 saturated carbocycles. The molecule has 0 bridgehead atoms. The number of amides is 1. The minimum absolute atomic E-state index is 0.0890. The summed E-state index contributed by atoms with van der Waals surface area (Å²) >= 11 is 0. The van der Waals surface area contributed by atoms with Crippen molar-refractivity contribution in [3.8, 4) is 11.5 Å². The highest BCUT2D eigenvalue weighted by atomic mass is 16.5. The van der Waals surface area contributed by atoms with Crippen LogP contribution >= 0.6 is 0 Å². The Morgan fingerprint density at radius 3 is 2.47 bits per heavy atom. The van der Waals surface area contributed by atoms with Crippen molar-refractivity contribution < 1.29 is 14.3 Å². The Morgan fingerprint density at radius 2 is 1.68 bits per heavy atom. The van der Waals surface area contributed by atoms with Crippen molar-refractivity contribution in [3.63, 3.8) is 0 Å². The highest BCUT2D eigenvalue weighted by Crippen LogP contribution is 2.31. The molecule has 3 aromatic carbocycles. The first kappa shape index (κ1) is 22.0. The van der Waals surface area contributed by atoms with E-state index in [0.717, 1.165) is 46.9 Å². The van der Waals surface area contributed by atoms with E-state index in [4.69, 9.17) is 14.5 Å². The Kier molecular flexibility index (Phi) is 6.47. The molecule has 0 radical (unpaired) electrons. The first-order chi connectivity index (χ1) is 16.7. The molecule has 1 aliphatic rings. The van der Waals surface area contributed by atoms with Crippen LogP contribution in [0.2, 0.25) is 0 Å². The zero-order valence-electron chi connectivity index (χ0n) is 19.4. The third-order valence-electron chi connectivity index (χ3n) is 6.33. The van der Waals surface area contributed by atoms with Crippen molar-refractivity contribution in [1.82, 2.24) is 14.5 Å². The van der Waals surface area contributed by atoms with Crippen LogP contribution in [0.1, 0.15) is 30.1 Å². The highest BCUT2D eigenvalue weighted by Gasteiger charge is 2.33. The van der Waals surface area contributed by atoms with Crippen LogP contribution < -0.4 is 9.47 Å². The van der Waals surface area contributed by atoms with Crippen LogP contribution in [0, 0.1) is 0 Å². The lowest BCUT2D eigenvalue weighted by Crippen LogP contribution is -2.24. The number of aromatic nitrogens is 2. The maximum Gasteiger partial charge on any atom is 0.223 e. The second kappa shape index (κ2) is 10.00. The Balaban J connectivity index is 1.28. The monoisotopic (exact) mass is 455 g/mol. The van der Waals surface area contributed by atoms with Gasteiger partial charge in [0.15, 0.2) is 0 Å². The highest BCUT2D eigenvalue weighted by molar-refractivity contribution is 5.81. The summed E-state index contributed by atoms with van der Waals surface area (Å²) in [7, 11) is 1.65. The number of aryl methyl sites for hydroxylation is 1. The van der Waals surface area contributed by atoms with Gasteiger partial charge in [0.25, 0.3) is 0 Å². The smallest absolute Gasteiger partial charge is 0.223 e. The van der Waals surface area contributed by atoms with Crippen molar-refractivity contribution >= 4 is 16.9 Å². The van der Waals surface area contributed by atoms with Gasteiger partial charge in [-0.1, -0.05) is 42.5 Å². The van der Waals surface area contributed by atoms with Crippen molar-refractivity contribution in [2.75, 3.05) is 20.3 Å². The predicted molar refractivity (Wildman–Crippen MR) is 132 cm³/mol. The SMILES string of the molecule is COc1ccc(OCCCn2c([C@@H]3CC(=O)N(Cc4ccccc4)C3)nc3ccccc32)cc1. The summed E-state index contributed by atoms with van der Waals surface area (Å²) in [5.74, 6) is 2.92. The number of fused-ring (bicyclic) bond motifs is 1. The van der Waals surface area contributed by atoms with Crippen LogP contribution in [0.5, 0.6) is 11.5 Å². The van der Waals surface area contributed by atoms with Gasteiger partial charge in [-0.05, 0) is 48.4 Å². The van der Waals surface area contributed by atoms with Gasteiger partial charge >= 0.3 is 0 Å². The lowest BCUT2D eigenvalue weighted by molar-refractivity contribution is -0.128. The molecular weight excluding hydrogens is 426 g/mol. The van der Waals surface area contributed by atoms with Crippen LogP contribution in [-0.2, 0) is 17.9 Å². The van der Waals surface area contributed by atoms with E-state index >= 15 is 0 Å². The minimum Gasteiger partial charge on any atom is -0.497 e. The summed E-state index contributed by atoms with van der Waals surface area (Å²) < 4.78 is 13.4. The molecule has 2 heterocycles. The predicted octanol–water partition coefficient (Wildman–Crippen LogP) is 5.03. The molecule has 174 valence electrons. The largest absolute Gasteiger partial charge is 0.497 e. The van der Waals surface area contributed by atoms with E-state index in [0.29, 0.717) is 26.1 Å². The number of hydrogen-bond acceptors (Lipinski definition) is 4. The van der Waals surface area contributed by atoms with Gasteiger partial charge in [-0.15, -0.1) is 0 Å². The number of ether oxygens (including phenoxy) is 2. The number of para-hydroxylation sites is 2. The van der Waals surface area contributed by atoms with Gasteiger partial charge in [0.05, 0.1) is 24.8 Å². The topological polar surface area (TPSA) is 56.6 Å². The van der Waals surface area contributed by atoms with Gasteiger partial charge in [-0.25, -0.2) is 4.98 Å². The van der Waals surface area contributed by atoms with Gasteiger partial charge in [-0.2, -0.15) is 0 Å². The summed E-state index contributed by atoms with van der Waals surface area (Å²) in [4.78, 5) is 19.7. The molecule has 1 aliphatic heterocycles. The molecule has 1 atom stereocenters. The van der Waals surface area contributed by atoms with Crippen LogP contribution in [0.3, 0.4) is 0 Å². The number of imidazole rings is 1. The molecule has 6 heteroatoms. The van der Waals surface area contributed by atoms with Crippen molar-refractivity contribution in [1.29, 1.82) is 0 Å². The van der Waals surface area contributed by atoms with E-state index in [-0.39, 0.29) is 11.8 Å². The molecule has 6 nitrogen and oxygen atoms in total. The normalized spacial score (nSPS) is 15.7. The van der Waals surface area contributed by atoms with Gasteiger partial charge in [0, 0.05) is 32.0 Å². The van der Waals surface area contributed by atoms with E-state index in [1.165, 1.54) is 0 Å². The van der Waals surface area contributed by atoms with Gasteiger partial charge in [0.2, 0.25) is 5.91 Å². The van der Waals surface area contributed by atoms with Crippen LogP contribution in [0.25, 0.3) is 11.0 Å². The number of benzene rings is 3. The third kappa shape index (κ3) is 4.76. The van der Waals surface area contributed by atoms with Crippen LogP contribution in [0.4, 0.5) is 0 Å². The van der Waals surface area contributed by atoms with Crippen molar-refractivity contribution in [2.24, 2.45) is 0 Å². The number of hydrogen-bond donors (Lipinski definition) is 0. The molecule has 0 aliphatic carbocycles. The first-order valence-electron chi connectivity index (χ1n) is 11.7. The summed E-state index contributed by atoms with van der Waals surface area (Å²) in [5.41, 5.74) is 3.24. The number of likely N-dealkylation sites (tertiary alicyclic amines) is 1. The Labute approximate surface area is 199 Å². The van der Waals surface area contributed by atoms with Crippen LogP contribution in [0.15, 0.2) is 78.9 Å². The maximum absolute atomic E-state index is 12.8. The Morgan fingerprint density at radius 1 is 0.941 bits per heavy atom. The molecule has 1 fully saturated rings. The van der Waals surface area contributed by atoms with Crippen LogP contribution in [-0.4, -0.2) is 40.6 Å². The number of carbonyl (C=O) groups is 1.